The molecule has 6 rings (SSSR count). The van der Waals surface area contributed by atoms with Crippen LogP contribution in [0.1, 0.15) is 23.2 Å². The number of rotatable bonds is 1. The Balaban J connectivity index is 0.00000146. The summed E-state index contributed by atoms with van der Waals surface area (Å²) in [6, 6.07) is 3.58. The van der Waals surface area contributed by atoms with Crippen LogP contribution in [0.15, 0.2) is 18.3 Å². The molecule has 1 amide bonds. The number of halogens is 1. The van der Waals surface area contributed by atoms with Crippen LogP contribution in [0.3, 0.4) is 0 Å². The zero-order valence-corrected chi connectivity index (χ0v) is 14.2. The van der Waals surface area contributed by atoms with Crippen molar-refractivity contribution in [2.24, 2.45) is 5.92 Å². The number of fused-ring (bicyclic) bond motifs is 3. The van der Waals surface area contributed by atoms with Gasteiger partial charge in [-0.05, 0) is 44.0 Å². The number of carbonyl (C=O) groups is 1. The maximum Gasteiger partial charge on any atom is 0.256 e. The quantitative estimate of drug-likeness (QED) is 0.852. The van der Waals surface area contributed by atoms with Crippen molar-refractivity contribution < 1.29 is 9.90 Å². The van der Waals surface area contributed by atoms with E-state index in [1.165, 1.54) is 25.9 Å². The summed E-state index contributed by atoms with van der Waals surface area (Å²) in [7, 11) is 0. The maximum atomic E-state index is 13.2. The number of aromatic hydroxyl groups is 1. The molecule has 1 aromatic heterocycles. The number of piperidine rings is 3. The smallest absolute Gasteiger partial charge is 0.256 e. The van der Waals surface area contributed by atoms with Crippen LogP contribution in [0.25, 0.3) is 10.9 Å². The van der Waals surface area contributed by atoms with Crippen LogP contribution in [0.5, 0.6) is 5.75 Å². The summed E-state index contributed by atoms with van der Waals surface area (Å²) < 4.78 is 1.91. The third-order valence-corrected chi connectivity index (χ3v) is 5.78. The summed E-state index contributed by atoms with van der Waals surface area (Å²) in [6.07, 6.45) is 4.11. The summed E-state index contributed by atoms with van der Waals surface area (Å²) in [5.74, 6) is 0.794. The monoisotopic (exact) mass is 348 g/mol. The molecular formula is C17H21ClN4O2. The fraction of sp³-hybridized carbons (Fsp3) is 0.529. The van der Waals surface area contributed by atoms with Gasteiger partial charge in [0.15, 0.2) is 0 Å². The average molecular weight is 349 g/mol. The van der Waals surface area contributed by atoms with Gasteiger partial charge in [0.25, 0.3) is 5.91 Å². The van der Waals surface area contributed by atoms with E-state index in [4.69, 9.17) is 0 Å². The number of nitrogens with zero attached hydrogens (tertiary/aromatic N) is 4. The molecule has 0 saturated carbocycles. The van der Waals surface area contributed by atoms with Crippen molar-refractivity contribution in [1.29, 1.82) is 0 Å². The Morgan fingerprint density at radius 1 is 1.12 bits per heavy atom. The van der Waals surface area contributed by atoms with Gasteiger partial charge in [0.2, 0.25) is 0 Å². The van der Waals surface area contributed by atoms with Gasteiger partial charge >= 0.3 is 0 Å². The molecule has 7 heteroatoms. The second kappa shape index (κ2) is 5.63. The molecule has 6 nitrogen and oxygen atoms in total. The van der Waals surface area contributed by atoms with Crippen molar-refractivity contribution >= 4 is 29.2 Å². The molecule has 2 aromatic rings. The number of carbonyl (C=O) groups excluding carboxylic acids is 1. The molecule has 1 aromatic carbocycles. The minimum absolute atomic E-state index is 0. The van der Waals surface area contributed by atoms with Crippen molar-refractivity contribution in [2.45, 2.75) is 25.4 Å². The Morgan fingerprint density at radius 2 is 1.92 bits per heavy atom. The molecule has 3 fully saturated rings. The van der Waals surface area contributed by atoms with Crippen LogP contribution in [-0.4, -0.2) is 62.8 Å². The summed E-state index contributed by atoms with van der Waals surface area (Å²) in [5, 5.41) is 15.2. The van der Waals surface area contributed by atoms with Crippen molar-refractivity contribution in [3.05, 3.63) is 23.9 Å². The minimum atomic E-state index is 0. The van der Waals surface area contributed by atoms with Crippen LogP contribution >= 0.6 is 12.4 Å². The minimum Gasteiger partial charge on any atom is -0.508 e. The zero-order chi connectivity index (χ0) is 15.6. The molecule has 2 bridgehead atoms. The second-order valence-corrected chi connectivity index (χ2v) is 7.00. The molecule has 0 aliphatic carbocycles. The Morgan fingerprint density at radius 3 is 2.62 bits per heavy atom. The van der Waals surface area contributed by atoms with E-state index in [0.29, 0.717) is 24.1 Å². The summed E-state index contributed by atoms with van der Waals surface area (Å²) in [4.78, 5) is 17.7. The first kappa shape index (κ1) is 15.7. The van der Waals surface area contributed by atoms with E-state index in [1.54, 1.807) is 18.3 Å². The highest BCUT2D eigenvalue weighted by Crippen LogP contribution is 2.34. The normalized spacial score (nSPS) is 28.8. The fourth-order valence-corrected chi connectivity index (χ4v) is 4.61. The van der Waals surface area contributed by atoms with E-state index < -0.39 is 0 Å². The molecule has 128 valence electrons. The first-order valence-electron chi connectivity index (χ1n) is 8.42. The number of phenols is 1. The van der Waals surface area contributed by atoms with E-state index in [-0.39, 0.29) is 24.1 Å². The number of hydrogen-bond donors (Lipinski definition) is 1. The number of hydrogen-bond acceptors (Lipinski definition) is 4. The van der Waals surface area contributed by atoms with Crippen LogP contribution < -0.4 is 0 Å². The standard InChI is InChI=1S/C17H20N4O2.ClH/c22-13-7-12-9-18-21-6-5-20(17(23)14(8-13)16(12)21)15-10-19-3-1-11(15)2-4-19;/h7-9,11,15,22H,1-6,10H2;1H/t15-;/m1./s1. The molecule has 4 aliphatic heterocycles. The van der Waals surface area contributed by atoms with Gasteiger partial charge in [-0.2, -0.15) is 5.10 Å². The maximum absolute atomic E-state index is 13.2. The van der Waals surface area contributed by atoms with Gasteiger partial charge in [0.1, 0.15) is 5.75 Å². The van der Waals surface area contributed by atoms with Gasteiger partial charge in [0, 0.05) is 24.5 Å². The van der Waals surface area contributed by atoms with E-state index in [9.17, 15) is 9.90 Å². The first-order valence-corrected chi connectivity index (χ1v) is 8.42. The number of phenolic OH excluding ortho intramolecular Hbond substituents is 1. The van der Waals surface area contributed by atoms with Gasteiger partial charge in [-0.15, -0.1) is 12.4 Å². The zero-order valence-electron chi connectivity index (χ0n) is 13.4. The Labute approximate surface area is 146 Å². The fourth-order valence-electron chi connectivity index (χ4n) is 4.61. The van der Waals surface area contributed by atoms with Crippen molar-refractivity contribution in [3.8, 4) is 5.75 Å². The predicted octanol–water partition coefficient (Wildman–Crippen LogP) is 1.71. The second-order valence-electron chi connectivity index (χ2n) is 7.00. The topological polar surface area (TPSA) is 61.6 Å². The molecule has 0 radical (unpaired) electrons. The summed E-state index contributed by atoms with van der Waals surface area (Å²) in [5.41, 5.74) is 1.45. The highest BCUT2D eigenvalue weighted by Gasteiger charge is 2.40. The lowest BCUT2D eigenvalue weighted by atomic mass is 9.83. The molecule has 3 saturated heterocycles. The predicted molar refractivity (Wildman–Crippen MR) is 92.6 cm³/mol. The van der Waals surface area contributed by atoms with Gasteiger partial charge < -0.3 is 14.9 Å². The molecule has 4 aliphatic rings. The van der Waals surface area contributed by atoms with Crippen LogP contribution in [0, 0.1) is 5.92 Å². The lowest BCUT2D eigenvalue weighted by molar-refractivity contribution is 0.00705. The van der Waals surface area contributed by atoms with Crippen LogP contribution in [0.2, 0.25) is 0 Å². The third kappa shape index (κ3) is 2.20. The molecule has 1 atom stereocenters. The first-order chi connectivity index (χ1) is 11.2. The number of benzene rings is 1. The van der Waals surface area contributed by atoms with Gasteiger partial charge in [0.05, 0.1) is 23.8 Å². The van der Waals surface area contributed by atoms with Gasteiger partial charge in [-0.25, -0.2) is 0 Å². The lowest BCUT2D eigenvalue weighted by Crippen LogP contribution is -2.58. The summed E-state index contributed by atoms with van der Waals surface area (Å²) >= 11 is 0. The average Bonchev–Trinajstić information content (AvgIpc) is 2.91. The Bertz CT molecular complexity index is 797. The molecule has 0 unspecified atom stereocenters. The largest absolute Gasteiger partial charge is 0.508 e. The molecular weight excluding hydrogens is 328 g/mol. The molecule has 1 N–H and O–H groups in total. The van der Waals surface area contributed by atoms with Crippen molar-refractivity contribution in [3.63, 3.8) is 0 Å². The third-order valence-electron chi connectivity index (χ3n) is 5.78. The molecule has 24 heavy (non-hydrogen) atoms. The van der Waals surface area contributed by atoms with E-state index in [2.05, 4.69) is 10.00 Å². The van der Waals surface area contributed by atoms with Gasteiger partial charge in [-0.3, -0.25) is 9.48 Å². The number of amides is 1. The van der Waals surface area contributed by atoms with Crippen molar-refractivity contribution in [1.82, 2.24) is 19.6 Å². The highest BCUT2D eigenvalue weighted by molar-refractivity contribution is 6.06. The molecule has 5 heterocycles. The Hall–Kier alpha value is -1.79. The van der Waals surface area contributed by atoms with Crippen LogP contribution in [-0.2, 0) is 6.54 Å². The van der Waals surface area contributed by atoms with Crippen molar-refractivity contribution in [2.75, 3.05) is 26.2 Å². The van der Waals surface area contributed by atoms with E-state index >= 15 is 0 Å². The van der Waals surface area contributed by atoms with Crippen LogP contribution in [0.4, 0.5) is 0 Å². The number of aromatic nitrogens is 2. The van der Waals surface area contributed by atoms with E-state index in [0.717, 1.165) is 24.0 Å². The SMILES string of the molecule is Cl.O=C1c2cc(O)cc3cnn(c23)CCN1[C@@H]1CN2CCC1CC2. The highest BCUT2D eigenvalue weighted by atomic mass is 35.5. The van der Waals surface area contributed by atoms with Gasteiger partial charge in [-0.1, -0.05) is 0 Å². The Kier molecular flexibility index (Phi) is 3.69. The summed E-state index contributed by atoms with van der Waals surface area (Å²) in [6.45, 7) is 4.74. The molecule has 0 spiro atoms. The van der Waals surface area contributed by atoms with E-state index in [1.807, 2.05) is 9.58 Å². The lowest BCUT2D eigenvalue weighted by Gasteiger charge is -2.48.